The molecule has 0 amide bonds. The van der Waals surface area contributed by atoms with Crippen LogP contribution in [-0.2, 0) is 14.9 Å². The molecule has 2 unspecified atom stereocenters. The summed E-state index contributed by atoms with van der Waals surface area (Å²) < 4.78 is 6.00. The fourth-order valence-corrected chi connectivity index (χ4v) is 3.31. The van der Waals surface area contributed by atoms with E-state index in [4.69, 9.17) is 10.5 Å². The summed E-state index contributed by atoms with van der Waals surface area (Å²) in [5.74, 6) is -0.868. The van der Waals surface area contributed by atoms with Gasteiger partial charge in [0.25, 0.3) is 0 Å². The lowest BCUT2D eigenvalue weighted by Gasteiger charge is -2.33. The number of carboxylic acid groups (broad SMARTS) is 1. The molecule has 1 aliphatic heterocycles. The summed E-state index contributed by atoms with van der Waals surface area (Å²) in [4.78, 5) is 12.0. The highest BCUT2D eigenvalue weighted by atomic mass is 16.5. The van der Waals surface area contributed by atoms with Crippen molar-refractivity contribution >= 4 is 5.97 Å². The predicted octanol–water partition coefficient (Wildman–Crippen LogP) is 2.62. The lowest BCUT2D eigenvalue weighted by Crippen LogP contribution is -2.46. The summed E-state index contributed by atoms with van der Waals surface area (Å²) in [7, 11) is 0. The van der Waals surface area contributed by atoms with E-state index in [0.717, 1.165) is 24.0 Å². The molecule has 2 rings (SSSR count). The molecule has 0 spiro atoms. The lowest BCUT2D eigenvalue weighted by atomic mass is 9.74. The van der Waals surface area contributed by atoms with Crippen molar-refractivity contribution in [2.45, 2.75) is 57.2 Å². The van der Waals surface area contributed by atoms with Gasteiger partial charge in [0.05, 0.1) is 11.7 Å². The molecule has 1 heterocycles. The molecule has 4 nitrogen and oxygen atoms in total. The van der Waals surface area contributed by atoms with Crippen LogP contribution in [0.5, 0.6) is 0 Å². The van der Waals surface area contributed by atoms with Crippen LogP contribution in [0.1, 0.15) is 44.2 Å². The molecular weight excluding hydrogens is 266 g/mol. The van der Waals surface area contributed by atoms with Crippen molar-refractivity contribution in [1.29, 1.82) is 0 Å². The van der Waals surface area contributed by atoms with Gasteiger partial charge in [-0.25, -0.2) is 0 Å². The molecule has 1 aromatic carbocycles. The van der Waals surface area contributed by atoms with E-state index in [1.807, 2.05) is 45.0 Å². The first-order chi connectivity index (χ1) is 9.81. The molecule has 116 valence electrons. The summed E-state index contributed by atoms with van der Waals surface area (Å²) in [6, 6.07) is 7.59. The summed E-state index contributed by atoms with van der Waals surface area (Å²) in [6.45, 7) is 6.10. The third kappa shape index (κ3) is 3.11. The van der Waals surface area contributed by atoms with Gasteiger partial charge in [0.1, 0.15) is 5.41 Å². The van der Waals surface area contributed by atoms with E-state index in [-0.39, 0.29) is 18.2 Å². The van der Waals surface area contributed by atoms with Crippen molar-refractivity contribution in [3.8, 4) is 0 Å². The Labute approximate surface area is 126 Å². The number of ether oxygens (including phenoxy) is 1. The number of nitrogens with two attached hydrogens (primary N) is 1. The van der Waals surface area contributed by atoms with Crippen LogP contribution in [0, 0.1) is 6.92 Å². The van der Waals surface area contributed by atoms with Gasteiger partial charge >= 0.3 is 5.97 Å². The van der Waals surface area contributed by atoms with Gasteiger partial charge in [0.15, 0.2) is 0 Å². The quantitative estimate of drug-likeness (QED) is 0.874. The fraction of sp³-hybridized carbons (Fsp3) is 0.588. The highest BCUT2D eigenvalue weighted by Crippen LogP contribution is 2.38. The molecule has 2 atom stereocenters. The van der Waals surface area contributed by atoms with E-state index in [0.29, 0.717) is 6.42 Å². The Morgan fingerprint density at radius 3 is 2.62 bits per heavy atom. The molecule has 1 aromatic rings. The maximum atomic E-state index is 12.0. The van der Waals surface area contributed by atoms with Crippen LogP contribution in [0.3, 0.4) is 0 Å². The minimum absolute atomic E-state index is 0.0562. The van der Waals surface area contributed by atoms with E-state index >= 15 is 0 Å². The van der Waals surface area contributed by atoms with Crippen molar-refractivity contribution in [2.75, 3.05) is 6.54 Å². The maximum Gasteiger partial charge on any atom is 0.315 e. The van der Waals surface area contributed by atoms with E-state index in [1.54, 1.807) is 0 Å². The molecule has 0 aliphatic carbocycles. The van der Waals surface area contributed by atoms with Crippen molar-refractivity contribution in [3.05, 3.63) is 35.4 Å². The van der Waals surface area contributed by atoms with Gasteiger partial charge in [-0.15, -0.1) is 0 Å². The van der Waals surface area contributed by atoms with Crippen LogP contribution in [0.25, 0.3) is 0 Å². The second kappa shape index (κ2) is 5.78. The largest absolute Gasteiger partial charge is 0.481 e. The van der Waals surface area contributed by atoms with Gasteiger partial charge in [0, 0.05) is 6.54 Å². The van der Waals surface area contributed by atoms with Crippen LogP contribution < -0.4 is 5.73 Å². The van der Waals surface area contributed by atoms with E-state index in [9.17, 15) is 9.90 Å². The highest BCUT2D eigenvalue weighted by molar-refractivity contribution is 5.82. The van der Waals surface area contributed by atoms with Crippen LogP contribution >= 0.6 is 0 Å². The Kier molecular flexibility index (Phi) is 4.40. The number of hydrogen-bond acceptors (Lipinski definition) is 3. The van der Waals surface area contributed by atoms with Crippen molar-refractivity contribution in [3.63, 3.8) is 0 Å². The number of aryl methyl sites for hydroxylation is 1. The standard InChI is InChI=1S/C17H25NO3/c1-12-6-4-5-7-14(12)17(11-18,15(19)20)10-13-8-9-16(2,3)21-13/h4-7,13H,8-11,18H2,1-3H3,(H,19,20). The summed E-state index contributed by atoms with van der Waals surface area (Å²) in [6.07, 6.45) is 2.20. The lowest BCUT2D eigenvalue weighted by molar-refractivity contribution is -0.145. The van der Waals surface area contributed by atoms with E-state index in [2.05, 4.69) is 0 Å². The minimum atomic E-state index is -1.07. The molecule has 21 heavy (non-hydrogen) atoms. The van der Waals surface area contributed by atoms with Gasteiger partial charge in [-0.1, -0.05) is 24.3 Å². The SMILES string of the molecule is Cc1ccccc1C(CN)(CC1CCC(C)(C)O1)C(=O)O. The Balaban J connectivity index is 2.35. The minimum Gasteiger partial charge on any atom is -0.481 e. The zero-order valence-corrected chi connectivity index (χ0v) is 13.1. The maximum absolute atomic E-state index is 12.0. The highest BCUT2D eigenvalue weighted by Gasteiger charge is 2.45. The van der Waals surface area contributed by atoms with Gasteiger partial charge in [0.2, 0.25) is 0 Å². The monoisotopic (exact) mass is 291 g/mol. The van der Waals surface area contributed by atoms with Crippen molar-refractivity contribution in [2.24, 2.45) is 5.73 Å². The summed E-state index contributed by atoms with van der Waals surface area (Å²) in [5.41, 5.74) is 6.43. The number of carbonyl (C=O) groups is 1. The first-order valence-corrected chi connectivity index (χ1v) is 7.48. The first kappa shape index (κ1) is 16.0. The molecule has 3 N–H and O–H groups in total. The molecule has 0 aromatic heterocycles. The Morgan fingerprint density at radius 1 is 1.48 bits per heavy atom. The Bertz CT molecular complexity index is 527. The van der Waals surface area contributed by atoms with Gasteiger partial charge in [-0.2, -0.15) is 0 Å². The third-order valence-corrected chi connectivity index (χ3v) is 4.55. The van der Waals surface area contributed by atoms with Crippen molar-refractivity contribution < 1.29 is 14.6 Å². The zero-order valence-electron chi connectivity index (χ0n) is 13.1. The third-order valence-electron chi connectivity index (χ3n) is 4.55. The van der Waals surface area contributed by atoms with Crippen LogP contribution in [0.15, 0.2) is 24.3 Å². The molecule has 4 heteroatoms. The van der Waals surface area contributed by atoms with Crippen LogP contribution in [0.2, 0.25) is 0 Å². The molecule has 1 saturated heterocycles. The second-order valence-corrected chi connectivity index (χ2v) is 6.65. The summed E-state index contributed by atoms with van der Waals surface area (Å²) >= 11 is 0. The average Bonchev–Trinajstić information content (AvgIpc) is 2.76. The average molecular weight is 291 g/mol. The number of rotatable bonds is 5. The molecule has 1 aliphatic rings. The molecule has 0 radical (unpaired) electrons. The first-order valence-electron chi connectivity index (χ1n) is 7.48. The molecular formula is C17H25NO3. The number of benzene rings is 1. The second-order valence-electron chi connectivity index (χ2n) is 6.65. The van der Waals surface area contributed by atoms with Crippen LogP contribution in [0.4, 0.5) is 0 Å². The molecule has 0 bridgehead atoms. The zero-order chi connectivity index (χ0) is 15.7. The van der Waals surface area contributed by atoms with Gasteiger partial charge in [-0.05, 0) is 51.2 Å². The van der Waals surface area contributed by atoms with Gasteiger partial charge < -0.3 is 15.6 Å². The number of aliphatic carboxylic acids is 1. The molecule has 1 fully saturated rings. The number of hydrogen-bond donors (Lipinski definition) is 2. The predicted molar refractivity (Wildman–Crippen MR) is 82.4 cm³/mol. The Morgan fingerprint density at radius 2 is 2.14 bits per heavy atom. The number of carboxylic acids is 1. The van der Waals surface area contributed by atoms with Gasteiger partial charge in [-0.3, -0.25) is 4.79 Å². The smallest absolute Gasteiger partial charge is 0.315 e. The van der Waals surface area contributed by atoms with E-state index < -0.39 is 11.4 Å². The normalized spacial score (nSPS) is 23.7. The van der Waals surface area contributed by atoms with Crippen molar-refractivity contribution in [1.82, 2.24) is 0 Å². The topological polar surface area (TPSA) is 72.5 Å². The molecule has 0 saturated carbocycles. The van der Waals surface area contributed by atoms with E-state index in [1.165, 1.54) is 0 Å². The Hall–Kier alpha value is -1.39. The van der Waals surface area contributed by atoms with Crippen LogP contribution in [-0.4, -0.2) is 29.3 Å². The fourth-order valence-electron chi connectivity index (χ4n) is 3.31. The summed E-state index contributed by atoms with van der Waals surface area (Å²) in [5, 5.41) is 9.86.